The number of aromatic nitrogens is 2. The van der Waals surface area contributed by atoms with Crippen molar-refractivity contribution in [3.8, 4) is 17.0 Å². The van der Waals surface area contributed by atoms with Crippen molar-refractivity contribution < 1.29 is 14.3 Å². The number of rotatable bonds is 9. The van der Waals surface area contributed by atoms with Gasteiger partial charge in [0.05, 0.1) is 23.4 Å². The van der Waals surface area contributed by atoms with E-state index in [0.717, 1.165) is 28.4 Å². The molecule has 4 aromatic rings. The monoisotopic (exact) mass is 569 g/mol. The van der Waals surface area contributed by atoms with Crippen LogP contribution in [-0.4, -0.2) is 78.2 Å². The standard InChI is InChI=1S/C32H32ClN5O3/c1-41-26-11-7-10-25(22-26)29-14-15-30(35-34-29)36-18-20-37(21-19-36)31(39)23-38(17-16-24-8-3-2-4-9-24)32(40)27-12-5-6-13-28(27)33/h2-15,22H,16-21,23H2,1H3. The maximum Gasteiger partial charge on any atom is 0.255 e. The van der Waals surface area contributed by atoms with Crippen LogP contribution in [0.1, 0.15) is 15.9 Å². The van der Waals surface area contributed by atoms with Gasteiger partial charge in [0.15, 0.2) is 5.82 Å². The molecule has 1 saturated heterocycles. The number of amides is 2. The summed E-state index contributed by atoms with van der Waals surface area (Å²) in [6.07, 6.45) is 0.641. The van der Waals surface area contributed by atoms with Crippen molar-refractivity contribution in [1.29, 1.82) is 0 Å². The van der Waals surface area contributed by atoms with Crippen LogP contribution in [0.3, 0.4) is 0 Å². The van der Waals surface area contributed by atoms with Gasteiger partial charge in [0.25, 0.3) is 5.91 Å². The second-order valence-electron chi connectivity index (χ2n) is 9.82. The summed E-state index contributed by atoms with van der Waals surface area (Å²) < 4.78 is 5.31. The van der Waals surface area contributed by atoms with Crippen molar-refractivity contribution in [3.05, 3.63) is 107 Å². The molecule has 0 saturated carbocycles. The maximum absolute atomic E-state index is 13.4. The molecule has 2 heterocycles. The van der Waals surface area contributed by atoms with Gasteiger partial charge in [0, 0.05) is 38.3 Å². The number of piperazine rings is 1. The van der Waals surface area contributed by atoms with Gasteiger partial charge >= 0.3 is 0 Å². The second kappa shape index (κ2) is 13.3. The first-order chi connectivity index (χ1) is 20.0. The predicted octanol–water partition coefficient (Wildman–Crippen LogP) is 4.84. The molecule has 2 amide bonds. The molecule has 210 valence electrons. The van der Waals surface area contributed by atoms with Gasteiger partial charge in [-0.3, -0.25) is 9.59 Å². The molecular formula is C32H32ClN5O3. The Kier molecular flexibility index (Phi) is 9.11. The first-order valence-corrected chi connectivity index (χ1v) is 14.0. The second-order valence-corrected chi connectivity index (χ2v) is 10.2. The van der Waals surface area contributed by atoms with E-state index < -0.39 is 0 Å². The minimum atomic E-state index is -0.245. The molecule has 0 aliphatic carbocycles. The molecule has 8 nitrogen and oxygen atoms in total. The molecule has 0 spiro atoms. The van der Waals surface area contributed by atoms with Crippen LogP contribution in [0.2, 0.25) is 5.02 Å². The molecule has 0 N–H and O–H groups in total. The Labute approximate surface area is 245 Å². The number of anilines is 1. The minimum Gasteiger partial charge on any atom is -0.497 e. The highest BCUT2D eigenvalue weighted by Crippen LogP contribution is 2.23. The topological polar surface area (TPSA) is 78.9 Å². The van der Waals surface area contributed by atoms with Crippen LogP contribution in [0.25, 0.3) is 11.3 Å². The summed E-state index contributed by atoms with van der Waals surface area (Å²) in [4.78, 5) is 32.4. The van der Waals surface area contributed by atoms with E-state index in [1.807, 2.05) is 71.6 Å². The Morgan fingerprint density at radius 2 is 1.63 bits per heavy atom. The zero-order chi connectivity index (χ0) is 28.6. The summed E-state index contributed by atoms with van der Waals surface area (Å²) in [5.41, 5.74) is 3.20. The summed E-state index contributed by atoms with van der Waals surface area (Å²) in [6, 6.07) is 28.5. The molecule has 41 heavy (non-hydrogen) atoms. The van der Waals surface area contributed by atoms with E-state index >= 15 is 0 Å². The Morgan fingerprint density at radius 3 is 2.34 bits per heavy atom. The number of halogens is 1. The van der Waals surface area contributed by atoms with Crippen LogP contribution in [0.4, 0.5) is 5.82 Å². The molecule has 0 unspecified atom stereocenters. The third kappa shape index (κ3) is 7.02. The lowest BCUT2D eigenvalue weighted by Gasteiger charge is -2.36. The number of ether oxygens (including phenoxy) is 1. The summed E-state index contributed by atoms with van der Waals surface area (Å²) in [6.45, 7) is 2.72. The number of carbonyl (C=O) groups is 2. The van der Waals surface area contributed by atoms with E-state index in [9.17, 15) is 9.59 Å². The SMILES string of the molecule is COc1cccc(-c2ccc(N3CCN(C(=O)CN(CCc4ccccc4)C(=O)c4ccccc4Cl)CC3)nn2)c1. The average Bonchev–Trinajstić information content (AvgIpc) is 3.03. The molecule has 1 aliphatic rings. The van der Waals surface area contributed by atoms with Gasteiger partial charge in [-0.2, -0.15) is 0 Å². The predicted molar refractivity (Wildman–Crippen MR) is 160 cm³/mol. The van der Waals surface area contributed by atoms with Crippen molar-refractivity contribution in [1.82, 2.24) is 20.0 Å². The van der Waals surface area contributed by atoms with Gasteiger partial charge in [0.1, 0.15) is 12.3 Å². The number of methoxy groups -OCH3 is 1. The number of hydrogen-bond donors (Lipinski definition) is 0. The molecule has 1 aromatic heterocycles. The molecule has 1 fully saturated rings. The first-order valence-electron chi connectivity index (χ1n) is 13.6. The molecular weight excluding hydrogens is 538 g/mol. The van der Waals surface area contributed by atoms with Gasteiger partial charge < -0.3 is 19.4 Å². The van der Waals surface area contributed by atoms with E-state index in [2.05, 4.69) is 15.1 Å². The number of hydrogen-bond acceptors (Lipinski definition) is 6. The molecule has 0 atom stereocenters. The fraction of sp³-hybridized carbons (Fsp3) is 0.250. The third-order valence-electron chi connectivity index (χ3n) is 7.20. The largest absolute Gasteiger partial charge is 0.497 e. The van der Waals surface area contributed by atoms with Crippen LogP contribution in [0.15, 0.2) is 91.0 Å². The molecule has 1 aliphatic heterocycles. The van der Waals surface area contributed by atoms with Gasteiger partial charge in [0.2, 0.25) is 5.91 Å². The van der Waals surface area contributed by atoms with E-state index in [-0.39, 0.29) is 18.4 Å². The molecule has 3 aromatic carbocycles. The zero-order valence-corrected chi connectivity index (χ0v) is 23.7. The lowest BCUT2D eigenvalue weighted by atomic mass is 10.1. The fourth-order valence-corrected chi connectivity index (χ4v) is 5.06. The van der Waals surface area contributed by atoms with Crippen LogP contribution >= 0.6 is 11.6 Å². The van der Waals surface area contributed by atoms with Crippen LogP contribution in [0, 0.1) is 0 Å². The van der Waals surface area contributed by atoms with Crippen molar-refractivity contribution in [2.24, 2.45) is 0 Å². The number of nitrogens with zero attached hydrogens (tertiary/aromatic N) is 5. The Balaban J connectivity index is 1.21. The summed E-state index contributed by atoms with van der Waals surface area (Å²) in [7, 11) is 1.64. The van der Waals surface area contributed by atoms with Crippen LogP contribution in [-0.2, 0) is 11.2 Å². The smallest absolute Gasteiger partial charge is 0.255 e. The highest BCUT2D eigenvalue weighted by atomic mass is 35.5. The summed E-state index contributed by atoms with van der Waals surface area (Å²) >= 11 is 6.33. The highest BCUT2D eigenvalue weighted by Gasteiger charge is 2.26. The van der Waals surface area contributed by atoms with Gasteiger partial charge in [-0.05, 0) is 48.4 Å². The number of benzene rings is 3. The Bertz CT molecular complexity index is 1470. The van der Waals surface area contributed by atoms with Crippen molar-refractivity contribution >= 4 is 29.2 Å². The third-order valence-corrected chi connectivity index (χ3v) is 7.53. The summed E-state index contributed by atoms with van der Waals surface area (Å²) in [5.74, 6) is 1.20. The van der Waals surface area contributed by atoms with Gasteiger partial charge in [-0.1, -0.05) is 66.2 Å². The maximum atomic E-state index is 13.4. The van der Waals surface area contributed by atoms with E-state index in [1.165, 1.54) is 0 Å². The van der Waals surface area contributed by atoms with Crippen molar-refractivity contribution in [2.75, 3.05) is 51.3 Å². The fourth-order valence-electron chi connectivity index (χ4n) is 4.84. The first kappa shape index (κ1) is 28.1. The Hall–Kier alpha value is -4.43. The zero-order valence-electron chi connectivity index (χ0n) is 22.9. The lowest BCUT2D eigenvalue weighted by molar-refractivity contribution is -0.132. The highest BCUT2D eigenvalue weighted by molar-refractivity contribution is 6.33. The Morgan fingerprint density at radius 1 is 0.878 bits per heavy atom. The van der Waals surface area contributed by atoms with Crippen molar-refractivity contribution in [3.63, 3.8) is 0 Å². The normalized spacial score (nSPS) is 13.1. The molecule has 0 bridgehead atoms. The minimum absolute atomic E-state index is 0.00801. The molecule has 5 rings (SSSR count). The quantitative estimate of drug-likeness (QED) is 0.287. The van der Waals surface area contributed by atoms with E-state index in [1.54, 1.807) is 36.3 Å². The van der Waals surface area contributed by atoms with Crippen LogP contribution < -0.4 is 9.64 Å². The van der Waals surface area contributed by atoms with Crippen molar-refractivity contribution in [2.45, 2.75) is 6.42 Å². The lowest BCUT2D eigenvalue weighted by Crippen LogP contribution is -2.52. The van der Waals surface area contributed by atoms with Gasteiger partial charge in [-0.25, -0.2) is 0 Å². The van der Waals surface area contributed by atoms with E-state index in [0.29, 0.717) is 49.7 Å². The number of carbonyl (C=O) groups excluding carboxylic acids is 2. The van der Waals surface area contributed by atoms with Gasteiger partial charge in [-0.15, -0.1) is 10.2 Å². The average molecular weight is 570 g/mol. The molecule has 9 heteroatoms. The van der Waals surface area contributed by atoms with E-state index in [4.69, 9.17) is 16.3 Å². The molecule has 0 radical (unpaired) electrons. The summed E-state index contributed by atoms with van der Waals surface area (Å²) in [5, 5.41) is 9.22. The van der Waals surface area contributed by atoms with Crippen LogP contribution in [0.5, 0.6) is 5.75 Å².